The van der Waals surface area contributed by atoms with E-state index in [1.807, 2.05) is 0 Å². The fourth-order valence-electron chi connectivity index (χ4n) is 7.45. The van der Waals surface area contributed by atoms with Crippen LogP contribution >= 0.6 is 15.9 Å². The van der Waals surface area contributed by atoms with Crippen molar-refractivity contribution in [2.75, 3.05) is 9.80 Å². The van der Waals surface area contributed by atoms with Gasteiger partial charge in [0.15, 0.2) is 0 Å². The molecule has 3 fully saturated rings. The van der Waals surface area contributed by atoms with Gasteiger partial charge in [-0.2, -0.15) is 0 Å². The van der Waals surface area contributed by atoms with Crippen molar-refractivity contribution in [2.45, 2.75) is 5.41 Å². The normalized spacial score (nSPS) is 28.8. The molecule has 2 saturated heterocycles. The maximum absolute atomic E-state index is 14.3. The van der Waals surface area contributed by atoms with Crippen LogP contribution in [0.2, 0.25) is 0 Å². The van der Waals surface area contributed by atoms with Crippen molar-refractivity contribution >= 4 is 62.3 Å². The van der Waals surface area contributed by atoms with Crippen molar-refractivity contribution in [3.05, 3.63) is 115 Å². The van der Waals surface area contributed by atoms with Crippen LogP contribution in [-0.4, -0.2) is 33.5 Å². The monoisotopic (exact) mass is 642 g/mol. The zero-order valence-corrected chi connectivity index (χ0v) is 23.5. The van der Waals surface area contributed by atoms with Crippen LogP contribution in [0.4, 0.5) is 22.7 Å². The highest BCUT2D eigenvalue weighted by atomic mass is 79.9. The Morgan fingerprint density at radius 1 is 0.628 bits per heavy atom. The summed E-state index contributed by atoms with van der Waals surface area (Å²) in [6, 6.07) is 17.2. The molecule has 2 heterocycles. The van der Waals surface area contributed by atoms with Gasteiger partial charge in [0, 0.05) is 40.1 Å². The molecule has 214 valence electrons. The van der Waals surface area contributed by atoms with Gasteiger partial charge in [0.1, 0.15) is 0 Å². The Morgan fingerprint density at radius 2 is 1.05 bits per heavy atom. The van der Waals surface area contributed by atoms with E-state index in [-0.39, 0.29) is 22.7 Å². The number of benzene rings is 3. The van der Waals surface area contributed by atoms with Crippen molar-refractivity contribution in [3.8, 4) is 0 Å². The van der Waals surface area contributed by atoms with Crippen LogP contribution in [0.15, 0.2) is 89.4 Å². The average molecular weight is 643 g/mol. The molecule has 0 radical (unpaired) electrons. The molecule has 3 aromatic rings. The molecule has 0 aromatic heterocycles. The molecule has 8 rings (SSSR count). The molecule has 2 unspecified atom stereocenters. The Balaban J connectivity index is 1.38. The van der Waals surface area contributed by atoms with Gasteiger partial charge >= 0.3 is 0 Å². The summed E-state index contributed by atoms with van der Waals surface area (Å²) < 4.78 is 0.747. The lowest BCUT2D eigenvalue weighted by Crippen LogP contribution is -2.60. The molecule has 4 amide bonds. The van der Waals surface area contributed by atoms with E-state index >= 15 is 0 Å². The number of hydrogen-bond acceptors (Lipinski definition) is 8. The Kier molecular flexibility index (Phi) is 5.76. The quantitative estimate of drug-likeness (QED) is 0.172. The van der Waals surface area contributed by atoms with Crippen LogP contribution < -0.4 is 9.80 Å². The number of halogens is 1. The van der Waals surface area contributed by atoms with Crippen LogP contribution in [0, 0.1) is 49.8 Å². The van der Waals surface area contributed by atoms with Crippen molar-refractivity contribution in [2.24, 2.45) is 29.6 Å². The number of nitro groups is 2. The highest BCUT2D eigenvalue weighted by Gasteiger charge is 2.75. The lowest BCUT2D eigenvalue weighted by atomic mass is 9.45. The standard InChI is InChI=1S/C30H19BrN4O8/c31-16-3-1-15(2-4-16)30-14-13-21(22-24(30)28(38)32(26(22)36)17-5-9-19(10-6-17)34(40)41)23-25(30)29(39)33(27(23)37)18-7-11-20(12-8-18)35(42)43/h1-14,21-25H/t21?,22-,23+,24+,25-,30?. The zero-order chi connectivity index (χ0) is 30.4. The maximum atomic E-state index is 14.3. The molecule has 0 spiro atoms. The third kappa shape index (κ3) is 3.54. The first kappa shape index (κ1) is 26.8. The van der Waals surface area contributed by atoms with Crippen LogP contribution in [0.5, 0.6) is 0 Å². The Bertz CT molecular complexity index is 1700. The highest BCUT2D eigenvalue weighted by Crippen LogP contribution is 2.65. The molecule has 3 aromatic carbocycles. The van der Waals surface area contributed by atoms with E-state index in [2.05, 4.69) is 15.9 Å². The molecule has 43 heavy (non-hydrogen) atoms. The first-order valence-electron chi connectivity index (χ1n) is 13.3. The molecule has 5 aliphatic rings. The van der Waals surface area contributed by atoms with Crippen molar-refractivity contribution in [3.63, 3.8) is 0 Å². The van der Waals surface area contributed by atoms with E-state index in [1.165, 1.54) is 48.5 Å². The van der Waals surface area contributed by atoms with Gasteiger partial charge in [-0.15, -0.1) is 0 Å². The van der Waals surface area contributed by atoms with Crippen LogP contribution in [0.1, 0.15) is 5.56 Å². The summed E-state index contributed by atoms with van der Waals surface area (Å²) in [6.45, 7) is 0. The topological polar surface area (TPSA) is 161 Å². The van der Waals surface area contributed by atoms with E-state index in [4.69, 9.17) is 0 Å². The molecule has 3 aliphatic carbocycles. The van der Waals surface area contributed by atoms with Gasteiger partial charge in [-0.25, -0.2) is 9.80 Å². The largest absolute Gasteiger partial charge is 0.274 e. The molecule has 6 atom stereocenters. The number of carbonyl (C=O) groups excluding carboxylic acids is 4. The number of imide groups is 2. The van der Waals surface area contributed by atoms with Gasteiger partial charge in [0.2, 0.25) is 23.6 Å². The SMILES string of the molecule is O=C1[C@@H]2C3C=CC(c4ccc(Br)cc4)([C@@H]2C(=O)N1c1ccc([N+](=O)[O-])cc1)[C@H]1C(=O)N(c2ccc([N+](=O)[O-])cc2)C(=O)[C@@H]31. The molecule has 13 heteroatoms. The summed E-state index contributed by atoms with van der Waals surface area (Å²) in [5, 5.41) is 22.4. The molecular weight excluding hydrogens is 624 g/mol. The Hall–Kier alpha value is -5.04. The van der Waals surface area contributed by atoms with Gasteiger partial charge < -0.3 is 0 Å². The third-order valence-corrected chi connectivity index (χ3v) is 9.67. The van der Waals surface area contributed by atoms with Crippen LogP contribution in [-0.2, 0) is 24.6 Å². The van der Waals surface area contributed by atoms with E-state index < -0.39 is 68.5 Å². The highest BCUT2D eigenvalue weighted by molar-refractivity contribution is 9.10. The number of hydrogen-bond donors (Lipinski definition) is 0. The summed E-state index contributed by atoms with van der Waals surface area (Å²) in [4.78, 5) is 79.9. The molecule has 1 saturated carbocycles. The van der Waals surface area contributed by atoms with E-state index in [9.17, 15) is 39.4 Å². The zero-order valence-electron chi connectivity index (χ0n) is 21.9. The van der Waals surface area contributed by atoms with E-state index in [0.29, 0.717) is 5.56 Å². The smallest absolute Gasteiger partial charge is 0.269 e. The van der Waals surface area contributed by atoms with E-state index in [0.717, 1.165) is 14.3 Å². The summed E-state index contributed by atoms with van der Waals surface area (Å²) in [5.74, 6) is -6.98. The molecule has 2 aliphatic heterocycles. The Morgan fingerprint density at radius 3 is 1.44 bits per heavy atom. The predicted octanol–water partition coefficient (Wildman–Crippen LogP) is 4.31. The number of nitrogens with zero attached hydrogens (tertiary/aromatic N) is 4. The van der Waals surface area contributed by atoms with Gasteiger partial charge in [-0.1, -0.05) is 40.2 Å². The second-order valence-electron chi connectivity index (χ2n) is 11.0. The summed E-state index contributed by atoms with van der Waals surface area (Å²) in [5.41, 5.74) is -0.870. The summed E-state index contributed by atoms with van der Waals surface area (Å²) >= 11 is 3.41. The summed E-state index contributed by atoms with van der Waals surface area (Å²) in [6.07, 6.45) is 3.53. The average Bonchev–Trinajstić information content (AvgIpc) is 3.44. The number of nitro benzene ring substituents is 2. The second kappa shape index (κ2) is 9.23. The fourth-order valence-corrected chi connectivity index (χ4v) is 7.71. The minimum absolute atomic E-state index is 0.163. The molecule has 12 nitrogen and oxygen atoms in total. The molecule has 2 bridgehead atoms. The minimum Gasteiger partial charge on any atom is -0.274 e. The summed E-state index contributed by atoms with van der Waals surface area (Å²) in [7, 11) is 0. The first-order valence-corrected chi connectivity index (χ1v) is 14.1. The number of anilines is 2. The van der Waals surface area contributed by atoms with Crippen molar-refractivity contribution < 1.29 is 29.0 Å². The third-order valence-electron chi connectivity index (χ3n) is 9.14. The Labute approximate surface area is 251 Å². The number of non-ortho nitro benzene ring substituents is 2. The molecular formula is C30H19BrN4O8. The van der Waals surface area contributed by atoms with Crippen molar-refractivity contribution in [1.29, 1.82) is 0 Å². The number of amides is 4. The number of rotatable bonds is 5. The molecule has 0 N–H and O–H groups in total. The van der Waals surface area contributed by atoms with Gasteiger partial charge in [-0.3, -0.25) is 39.4 Å². The first-order chi connectivity index (χ1) is 20.6. The predicted molar refractivity (Wildman–Crippen MR) is 154 cm³/mol. The minimum atomic E-state index is -1.37. The van der Waals surface area contributed by atoms with E-state index in [1.54, 1.807) is 36.4 Å². The second-order valence-corrected chi connectivity index (χ2v) is 11.9. The van der Waals surface area contributed by atoms with Crippen LogP contribution in [0.25, 0.3) is 0 Å². The van der Waals surface area contributed by atoms with Gasteiger partial charge in [-0.05, 0) is 42.0 Å². The maximum Gasteiger partial charge on any atom is 0.269 e. The van der Waals surface area contributed by atoms with Crippen molar-refractivity contribution in [1.82, 2.24) is 0 Å². The van der Waals surface area contributed by atoms with Gasteiger partial charge in [0.05, 0.1) is 44.9 Å². The van der Waals surface area contributed by atoms with Crippen LogP contribution in [0.3, 0.4) is 0 Å². The number of carbonyl (C=O) groups is 4. The fraction of sp³-hybridized carbons (Fsp3) is 0.200. The van der Waals surface area contributed by atoms with Gasteiger partial charge in [0.25, 0.3) is 11.4 Å². The lowest BCUT2D eigenvalue weighted by Gasteiger charge is -2.53. The number of allylic oxidation sites excluding steroid dienone is 2. The lowest BCUT2D eigenvalue weighted by molar-refractivity contribution is -0.385.